The zero-order valence-corrected chi connectivity index (χ0v) is 16.6. The first-order valence-corrected chi connectivity index (χ1v) is 9.97. The third kappa shape index (κ3) is 4.71. The van der Waals surface area contributed by atoms with Crippen LogP contribution in [0.25, 0.3) is 0 Å². The number of aromatic nitrogens is 4. The van der Waals surface area contributed by atoms with Gasteiger partial charge >= 0.3 is 0 Å². The molecule has 7 heteroatoms. The number of carbonyl (C=O) groups is 1. The summed E-state index contributed by atoms with van der Waals surface area (Å²) in [5.74, 6) is 2.45. The van der Waals surface area contributed by atoms with Gasteiger partial charge in [-0.25, -0.2) is 0 Å². The fraction of sp³-hybridized carbons (Fsp3) is 0.600. The number of nitrogens with one attached hydrogen (secondary N) is 1. The average molecular weight is 371 g/mol. The van der Waals surface area contributed by atoms with Crippen molar-refractivity contribution in [2.45, 2.75) is 52.6 Å². The van der Waals surface area contributed by atoms with E-state index in [0.29, 0.717) is 5.56 Å². The summed E-state index contributed by atoms with van der Waals surface area (Å²) < 4.78 is 2.18. The number of hydrogen-bond donors (Lipinski definition) is 1. The lowest BCUT2D eigenvalue weighted by atomic mass is 10.0. The van der Waals surface area contributed by atoms with Crippen LogP contribution >= 0.6 is 0 Å². The van der Waals surface area contributed by atoms with Crippen LogP contribution in [-0.2, 0) is 13.0 Å². The molecule has 7 nitrogen and oxygen atoms in total. The van der Waals surface area contributed by atoms with Gasteiger partial charge in [0.1, 0.15) is 5.82 Å². The molecule has 1 aliphatic heterocycles. The van der Waals surface area contributed by atoms with E-state index in [1.54, 1.807) is 24.5 Å². The van der Waals surface area contributed by atoms with Gasteiger partial charge in [0.25, 0.3) is 5.91 Å². The summed E-state index contributed by atoms with van der Waals surface area (Å²) in [6.07, 6.45) is 6.58. The summed E-state index contributed by atoms with van der Waals surface area (Å²) in [4.78, 5) is 19.0. The molecule has 0 saturated heterocycles. The van der Waals surface area contributed by atoms with Crippen LogP contribution in [-0.4, -0.2) is 50.2 Å². The van der Waals surface area contributed by atoms with Gasteiger partial charge in [-0.2, -0.15) is 0 Å². The van der Waals surface area contributed by atoms with E-state index in [1.165, 1.54) is 12.8 Å². The van der Waals surface area contributed by atoms with Gasteiger partial charge in [0.2, 0.25) is 0 Å². The standard InChI is InChI=1S/C20H30N6O/c1-4-16(5-2)14-25-10-8-18-23-24-19(26(18)12-11-25)15(3)22-20(27)17-7-6-9-21-13-17/h6-7,9,13,15-16H,4-5,8,10-12,14H2,1-3H3,(H,22,27). The molecule has 0 aromatic carbocycles. The maximum absolute atomic E-state index is 12.4. The second kappa shape index (κ2) is 9.08. The molecule has 0 spiro atoms. The maximum atomic E-state index is 12.4. The normalized spacial score (nSPS) is 16.0. The number of amides is 1. The van der Waals surface area contributed by atoms with Crippen LogP contribution in [0.1, 0.15) is 61.7 Å². The minimum atomic E-state index is -0.204. The monoisotopic (exact) mass is 370 g/mol. The largest absolute Gasteiger partial charge is 0.342 e. The Kier molecular flexibility index (Phi) is 6.55. The Morgan fingerprint density at radius 3 is 2.74 bits per heavy atom. The van der Waals surface area contributed by atoms with Gasteiger partial charge in [0.05, 0.1) is 11.6 Å². The highest BCUT2D eigenvalue weighted by molar-refractivity contribution is 5.93. The quantitative estimate of drug-likeness (QED) is 0.810. The van der Waals surface area contributed by atoms with Gasteiger partial charge in [-0.15, -0.1) is 10.2 Å². The molecule has 0 aliphatic carbocycles. The molecule has 27 heavy (non-hydrogen) atoms. The summed E-state index contributed by atoms with van der Waals surface area (Å²) in [5, 5.41) is 11.8. The van der Waals surface area contributed by atoms with Crippen molar-refractivity contribution in [3.8, 4) is 0 Å². The van der Waals surface area contributed by atoms with Crippen molar-refractivity contribution in [2.24, 2.45) is 5.92 Å². The lowest BCUT2D eigenvalue weighted by molar-refractivity contribution is 0.0937. The van der Waals surface area contributed by atoms with Gasteiger partial charge < -0.3 is 14.8 Å². The third-order valence-electron chi connectivity index (χ3n) is 5.48. The topological polar surface area (TPSA) is 75.9 Å². The molecule has 3 heterocycles. The summed E-state index contributed by atoms with van der Waals surface area (Å²) in [6, 6.07) is 3.32. The fourth-order valence-corrected chi connectivity index (χ4v) is 3.65. The van der Waals surface area contributed by atoms with Crippen molar-refractivity contribution in [1.82, 2.24) is 30.0 Å². The van der Waals surface area contributed by atoms with Crippen LogP contribution in [0.3, 0.4) is 0 Å². The first-order valence-electron chi connectivity index (χ1n) is 9.97. The van der Waals surface area contributed by atoms with Gasteiger partial charge in [-0.1, -0.05) is 26.7 Å². The number of pyridine rings is 1. The van der Waals surface area contributed by atoms with Crippen molar-refractivity contribution in [3.63, 3.8) is 0 Å². The number of fused-ring (bicyclic) bond motifs is 1. The molecular formula is C20H30N6O. The Morgan fingerprint density at radius 2 is 2.04 bits per heavy atom. The van der Waals surface area contributed by atoms with Crippen LogP contribution in [0.5, 0.6) is 0 Å². The van der Waals surface area contributed by atoms with E-state index in [1.807, 2.05) is 6.92 Å². The summed E-state index contributed by atoms with van der Waals surface area (Å²) in [5.41, 5.74) is 0.552. The first kappa shape index (κ1) is 19.5. The molecule has 1 amide bonds. The molecule has 1 N–H and O–H groups in total. The van der Waals surface area contributed by atoms with Gasteiger partial charge in [0, 0.05) is 45.0 Å². The lowest BCUT2D eigenvalue weighted by Crippen LogP contribution is -2.32. The molecule has 0 saturated carbocycles. The highest BCUT2D eigenvalue weighted by Crippen LogP contribution is 2.18. The predicted molar refractivity (Wildman–Crippen MR) is 104 cm³/mol. The predicted octanol–water partition coefficient (Wildman–Crippen LogP) is 2.46. The summed E-state index contributed by atoms with van der Waals surface area (Å²) >= 11 is 0. The third-order valence-corrected chi connectivity index (χ3v) is 5.48. The Morgan fingerprint density at radius 1 is 1.22 bits per heavy atom. The molecule has 2 aromatic rings. The van der Waals surface area contributed by atoms with Crippen LogP contribution in [0.4, 0.5) is 0 Å². The molecule has 0 bridgehead atoms. The van der Waals surface area contributed by atoms with E-state index in [2.05, 4.69) is 43.8 Å². The molecule has 1 aliphatic rings. The molecular weight excluding hydrogens is 340 g/mol. The van der Waals surface area contributed by atoms with E-state index in [0.717, 1.165) is 50.2 Å². The molecule has 0 radical (unpaired) electrons. The van der Waals surface area contributed by atoms with E-state index in [9.17, 15) is 4.79 Å². The summed E-state index contributed by atoms with van der Waals surface area (Å²) in [7, 11) is 0. The zero-order chi connectivity index (χ0) is 19.2. The smallest absolute Gasteiger partial charge is 0.253 e. The number of carbonyl (C=O) groups excluding carboxylic acids is 1. The van der Waals surface area contributed by atoms with Gasteiger partial charge in [-0.3, -0.25) is 9.78 Å². The number of hydrogen-bond acceptors (Lipinski definition) is 5. The molecule has 2 aromatic heterocycles. The van der Waals surface area contributed by atoms with Gasteiger partial charge in [0.15, 0.2) is 5.82 Å². The molecule has 0 fully saturated rings. The average Bonchev–Trinajstić information content (AvgIpc) is 3.01. The minimum absolute atomic E-state index is 0.142. The second-order valence-corrected chi connectivity index (χ2v) is 7.30. The Bertz CT molecular complexity index is 740. The van der Waals surface area contributed by atoms with E-state index >= 15 is 0 Å². The Labute approximate surface area is 161 Å². The van der Waals surface area contributed by atoms with Crippen molar-refractivity contribution in [1.29, 1.82) is 0 Å². The van der Waals surface area contributed by atoms with E-state index < -0.39 is 0 Å². The number of rotatable bonds is 7. The van der Waals surface area contributed by atoms with Crippen LogP contribution in [0.15, 0.2) is 24.5 Å². The molecule has 146 valence electrons. The molecule has 1 unspecified atom stereocenters. The maximum Gasteiger partial charge on any atom is 0.253 e. The minimum Gasteiger partial charge on any atom is -0.342 e. The van der Waals surface area contributed by atoms with Crippen molar-refractivity contribution in [3.05, 3.63) is 41.7 Å². The number of nitrogens with zero attached hydrogens (tertiary/aromatic N) is 5. The van der Waals surface area contributed by atoms with E-state index in [-0.39, 0.29) is 11.9 Å². The van der Waals surface area contributed by atoms with Crippen LogP contribution in [0, 0.1) is 5.92 Å². The Balaban J connectivity index is 1.65. The summed E-state index contributed by atoms with van der Waals surface area (Å²) in [6.45, 7) is 10.5. The highest BCUT2D eigenvalue weighted by Gasteiger charge is 2.23. The Hall–Kier alpha value is -2.28. The fourth-order valence-electron chi connectivity index (χ4n) is 3.65. The van der Waals surface area contributed by atoms with E-state index in [4.69, 9.17) is 0 Å². The van der Waals surface area contributed by atoms with Gasteiger partial charge in [-0.05, 0) is 25.0 Å². The first-order chi connectivity index (χ1) is 13.1. The molecule has 1 atom stereocenters. The van der Waals surface area contributed by atoms with Crippen LogP contribution in [0.2, 0.25) is 0 Å². The lowest BCUT2D eigenvalue weighted by Gasteiger charge is -2.24. The van der Waals surface area contributed by atoms with Crippen molar-refractivity contribution >= 4 is 5.91 Å². The van der Waals surface area contributed by atoms with Crippen molar-refractivity contribution < 1.29 is 4.79 Å². The SMILES string of the molecule is CCC(CC)CN1CCc2nnc(C(C)NC(=O)c3cccnc3)n2CC1. The second-order valence-electron chi connectivity index (χ2n) is 7.30. The highest BCUT2D eigenvalue weighted by atomic mass is 16.1. The zero-order valence-electron chi connectivity index (χ0n) is 16.6. The molecule has 3 rings (SSSR count). The van der Waals surface area contributed by atoms with Crippen LogP contribution < -0.4 is 5.32 Å². The van der Waals surface area contributed by atoms with Crippen molar-refractivity contribution in [2.75, 3.05) is 19.6 Å².